The van der Waals surface area contributed by atoms with E-state index in [2.05, 4.69) is 9.97 Å². The molecule has 0 radical (unpaired) electrons. The van der Waals surface area contributed by atoms with Crippen LogP contribution in [0.1, 0.15) is 15.9 Å². The maximum Gasteiger partial charge on any atom is 0.338 e. The molecular formula is C17H13ClN2O3. The Labute approximate surface area is 137 Å². The zero-order valence-corrected chi connectivity index (χ0v) is 13.1. The fourth-order valence-electron chi connectivity index (χ4n) is 2.18. The van der Waals surface area contributed by atoms with Crippen molar-refractivity contribution in [2.75, 3.05) is 7.11 Å². The zero-order valence-electron chi connectivity index (χ0n) is 12.3. The monoisotopic (exact) mass is 328 g/mol. The average molecular weight is 329 g/mol. The molecule has 0 fully saturated rings. The third kappa shape index (κ3) is 3.40. The molecule has 0 atom stereocenters. The van der Waals surface area contributed by atoms with E-state index in [0.717, 1.165) is 5.52 Å². The van der Waals surface area contributed by atoms with Crippen LogP contribution in [0.15, 0.2) is 48.8 Å². The molecule has 1 aromatic heterocycles. The first-order chi connectivity index (χ1) is 11.2. The SMILES string of the molecule is COc1ccc(Cl)cc1COC(=O)c1ccc2nccnc2c1. The summed E-state index contributed by atoms with van der Waals surface area (Å²) < 4.78 is 10.6. The number of nitrogens with zero attached hydrogens (tertiary/aromatic N) is 2. The Morgan fingerprint density at radius 3 is 2.65 bits per heavy atom. The lowest BCUT2D eigenvalue weighted by Gasteiger charge is -2.10. The molecular weight excluding hydrogens is 316 g/mol. The lowest BCUT2D eigenvalue weighted by atomic mass is 10.2. The molecule has 0 aliphatic carbocycles. The van der Waals surface area contributed by atoms with Gasteiger partial charge in [0.05, 0.1) is 23.7 Å². The van der Waals surface area contributed by atoms with E-state index in [1.165, 1.54) is 0 Å². The molecule has 5 nitrogen and oxygen atoms in total. The summed E-state index contributed by atoms with van der Waals surface area (Å²) in [4.78, 5) is 20.5. The molecule has 2 aromatic carbocycles. The van der Waals surface area contributed by atoms with Crippen LogP contribution in [-0.2, 0) is 11.3 Å². The van der Waals surface area contributed by atoms with Crippen molar-refractivity contribution < 1.29 is 14.3 Å². The smallest absolute Gasteiger partial charge is 0.338 e. The van der Waals surface area contributed by atoms with Gasteiger partial charge in [-0.3, -0.25) is 9.97 Å². The first-order valence-corrected chi connectivity index (χ1v) is 7.25. The van der Waals surface area contributed by atoms with Crippen LogP contribution in [0, 0.1) is 0 Å². The summed E-state index contributed by atoms with van der Waals surface area (Å²) in [5, 5.41) is 0.554. The molecule has 0 aliphatic rings. The number of halogens is 1. The van der Waals surface area contributed by atoms with Gasteiger partial charge in [-0.05, 0) is 36.4 Å². The Morgan fingerprint density at radius 1 is 1.09 bits per heavy atom. The van der Waals surface area contributed by atoms with Crippen LogP contribution in [0.4, 0.5) is 0 Å². The molecule has 0 aliphatic heterocycles. The van der Waals surface area contributed by atoms with Crippen molar-refractivity contribution in [3.8, 4) is 5.75 Å². The summed E-state index contributed by atoms with van der Waals surface area (Å²) >= 11 is 5.96. The van der Waals surface area contributed by atoms with Crippen molar-refractivity contribution in [1.29, 1.82) is 0 Å². The molecule has 3 aromatic rings. The minimum atomic E-state index is -0.445. The van der Waals surface area contributed by atoms with E-state index in [1.807, 2.05) is 0 Å². The molecule has 0 amide bonds. The molecule has 1 heterocycles. The van der Waals surface area contributed by atoms with Gasteiger partial charge in [-0.2, -0.15) is 0 Å². The second-order valence-electron chi connectivity index (χ2n) is 4.79. The van der Waals surface area contributed by atoms with Crippen LogP contribution in [0.2, 0.25) is 5.02 Å². The Bertz CT molecular complexity index is 867. The van der Waals surface area contributed by atoms with Crippen LogP contribution in [0.3, 0.4) is 0 Å². The van der Waals surface area contributed by atoms with E-state index in [9.17, 15) is 4.79 Å². The standard InChI is InChI=1S/C17H13ClN2O3/c1-22-16-5-3-13(18)8-12(16)10-23-17(21)11-2-4-14-15(9-11)20-7-6-19-14/h2-9H,10H2,1H3. The largest absolute Gasteiger partial charge is 0.496 e. The second kappa shape index (κ2) is 6.62. The minimum Gasteiger partial charge on any atom is -0.496 e. The summed E-state index contributed by atoms with van der Waals surface area (Å²) in [6.07, 6.45) is 3.18. The Balaban J connectivity index is 1.77. The number of fused-ring (bicyclic) bond motifs is 1. The average Bonchev–Trinajstić information content (AvgIpc) is 2.59. The number of rotatable bonds is 4. The van der Waals surface area contributed by atoms with E-state index < -0.39 is 5.97 Å². The van der Waals surface area contributed by atoms with Crippen LogP contribution in [-0.4, -0.2) is 23.0 Å². The highest BCUT2D eigenvalue weighted by molar-refractivity contribution is 6.30. The van der Waals surface area contributed by atoms with Gasteiger partial charge in [0.2, 0.25) is 0 Å². The molecule has 116 valence electrons. The van der Waals surface area contributed by atoms with Crippen molar-refractivity contribution >= 4 is 28.6 Å². The molecule has 3 rings (SSSR count). The van der Waals surface area contributed by atoms with Gasteiger partial charge < -0.3 is 9.47 Å². The Hall–Kier alpha value is -2.66. The predicted octanol–water partition coefficient (Wildman–Crippen LogP) is 3.65. The van der Waals surface area contributed by atoms with Crippen molar-refractivity contribution in [2.45, 2.75) is 6.61 Å². The molecule has 0 unspecified atom stereocenters. The number of hydrogen-bond acceptors (Lipinski definition) is 5. The van der Waals surface area contributed by atoms with Gasteiger partial charge in [0.15, 0.2) is 0 Å². The third-order valence-electron chi connectivity index (χ3n) is 3.31. The van der Waals surface area contributed by atoms with Gasteiger partial charge in [0.1, 0.15) is 12.4 Å². The van der Waals surface area contributed by atoms with Gasteiger partial charge in [0.25, 0.3) is 0 Å². The van der Waals surface area contributed by atoms with E-state index in [1.54, 1.807) is 55.9 Å². The van der Waals surface area contributed by atoms with Gasteiger partial charge in [-0.1, -0.05) is 11.6 Å². The van der Waals surface area contributed by atoms with Crippen LogP contribution in [0.25, 0.3) is 11.0 Å². The maximum atomic E-state index is 12.2. The highest BCUT2D eigenvalue weighted by Crippen LogP contribution is 2.23. The molecule has 6 heteroatoms. The van der Waals surface area contributed by atoms with Gasteiger partial charge in [-0.15, -0.1) is 0 Å². The molecule has 0 saturated heterocycles. The first kappa shape index (κ1) is 15.2. The first-order valence-electron chi connectivity index (χ1n) is 6.87. The number of methoxy groups -OCH3 is 1. The lowest BCUT2D eigenvalue weighted by Crippen LogP contribution is -2.06. The summed E-state index contributed by atoms with van der Waals surface area (Å²) in [5.74, 6) is 0.172. The van der Waals surface area contributed by atoms with Crippen molar-refractivity contribution in [3.05, 3.63) is 64.9 Å². The summed E-state index contributed by atoms with van der Waals surface area (Å²) in [5.41, 5.74) is 2.48. The number of benzene rings is 2. The van der Waals surface area contributed by atoms with E-state index >= 15 is 0 Å². The van der Waals surface area contributed by atoms with Crippen molar-refractivity contribution in [3.63, 3.8) is 0 Å². The Kier molecular flexibility index (Phi) is 4.39. The molecule has 0 saturated carbocycles. The van der Waals surface area contributed by atoms with Gasteiger partial charge >= 0.3 is 5.97 Å². The Morgan fingerprint density at radius 2 is 1.87 bits per heavy atom. The predicted molar refractivity (Wildman–Crippen MR) is 86.7 cm³/mol. The zero-order chi connectivity index (χ0) is 16.2. The highest BCUT2D eigenvalue weighted by Gasteiger charge is 2.11. The van der Waals surface area contributed by atoms with Gasteiger partial charge in [0, 0.05) is 23.0 Å². The normalized spacial score (nSPS) is 10.5. The topological polar surface area (TPSA) is 61.3 Å². The van der Waals surface area contributed by atoms with Crippen LogP contribution in [0.5, 0.6) is 5.75 Å². The number of ether oxygens (including phenoxy) is 2. The molecule has 0 spiro atoms. The number of carbonyl (C=O) groups excluding carboxylic acids is 1. The minimum absolute atomic E-state index is 0.0705. The number of carbonyl (C=O) groups is 1. The van der Waals surface area contributed by atoms with Crippen LogP contribution >= 0.6 is 11.6 Å². The summed E-state index contributed by atoms with van der Waals surface area (Å²) in [6.45, 7) is 0.0705. The summed E-state index contributed by atoms with van der Waals surface area (Å²) in [7, 11) is 1.55. The number of aromatic nitrogens is 2. The number of hydrogen-bond donors (Lipinski definition) is 0. The fourth-order valence-corrected chi connectivity index (χ4v) is 2.37. The highest BCUT2D eigenvalue weighted by atomic mass is 35.5. The second-order valence-corrected chi connectivity index (χ2v) is 5.23. The summed E-state index contributed by atoms with van der Waals surface area (Å²) in [6, 6.07) is 10.2. The molecule has 0 N–H and O–H groups in total. The van der Waals surface area contributed by atoms with Gasteiger partial charge in [-0.25, -0.2) is 4.79 Å². The van der Waals surface area contributed by atoms with Crippen molar-refractivity contribution in [2.24, 2.45) is 0 Å². The number of esters is 1. The van der Waals surface area contributed by atoms with E-state index in [0.29, 0.717) is 27.4 Å². The van der Waals surface area contributed by atoms with Crippen molar-refractivity contribution in [1.82, 2.24) is 9.97 Å². The van der Waals surface area contributed by atoms with Crippen LogP contribution < -0.4 is 4.74 Å². The third-order valence-corrected chi connectivity index (χ3v) is 3.54. The molecule has 23 heavy (non-hydrogen) atoms. The quantitative estimate of drug-likeness (QED) is 0.684. The molecule has 0 bridgehead atoms. The van der Waals surface area contributed by atoms with E-state index in [4.69, 9.17) is 21.1 Å². The maximum absolute atomic E-state index is 12.2. The van der Waals surface area contributed by atoms with E-state index in [-0.39, 0.29) is 6.61 Å². The fraction of sp³-hybridized carbons (Fsp3) is 0.118. The lowest BCUT2D eigenvalue weighted by molar-refractivity contribution is 0.0470.